The molecule has 2 aromatic rings. The van der Waals surface area contributed by atoms with Crippen molar-refractivity contribution in [3.8, 4) is 0 Å². The number of piperidine rings is 1. The van der Waals surface area contributed by atoms with Gasteiger partial charge < -0.3 is 9.52 Å². The second-order valence-electron chi connectivity index (χ2n) is 9.09. The summed E-state index contributed by atoms with van der Waals surface area (Å²) >= 11 is 0. The Morgan fingerprint density at radius 2 is 1.82 bits per heavy atom. The fraction of sp³-hybridized carbons (Fsp3) is 0.583. The van der Waals surface area contributed by atoms with Crippen LogP contribution in [0.3, 0.4) is 0 Å². The summed E-state index contributed by atoms with van der Waals surface area (Å²) in [6, 6.07) is 15.1. The summed E-state index contributed by atoms with van der Waals surface area (Å²) in [5.41, 5.74) is 0.485. The average Bonchev–Trinajstić information content (AvgIpc) is 3.40. The fourth-order valence-corrected chi connectivity index (χ4v) is 6.01. The van der Waals surface area contributed by atoms with Crippen LogP contribution in [0.2, 0.25) is 0 Å². The molecule has 0 bridgehead atoms. The largest absolute Gasteiger partial charge is 0.468 e. The lowest BCUT2D eigenvalue weighted by atomic mass is 9.67. The Bertz CT molecular complexity index is 754. The van der Waals surface area contributed by atoms with Crippen LogP contribution >= 0.6 is 0 Å². The summed E-state index contributed by atoms with van der Waals surface area (Å²) in [4.78, 5) is 5.22. The zero-order chi connectivity index (χ0) is 19.0. The maximum atomic E-state index is 11.7. The van der Waals surface area contributed by atoms with Crippen LogP contribution in [0.5, 0.6) is 0 Å². The number of hydrogen-bond donors (Lipinski definition) is 1. The summed E-state index contributed by atoms with van der Waals surface area (Å²) in [7, 11) is 0. The van der Waals surface area contributed by atoms with Crippen molar-refractivity contribution in [1.29, 1.82) is 0 Å². The lowest BCUT2D eigenvalue weighted by molar-refractivity contribution is -0.0654. The zero-order valence-corrected chi connectivity index (χ0v) is 16.7. The van der Waals surface area contributed by atoms with Gasteiger partial charge in [-0.3, -0.25) is 9.80 Å². The molecule has 1 saturated carbocycles. The van der Waals surface area contributed by atoms with Gasteiger partial charge in [-0.05, 0) is 55.7 Å². The molecule has 0 spiro atoms. The molecule has 2 saturated heterocycles. The van der Waals surface area contributed by atoms with Crippen LogP contribution in [0.25, 0.3) is 0 Å². The first kappa shape index (κ1) is 18.4. The van der Waals surface area contributed by atoms with E-state index < -0.39 is 5.60 Å². The van der Waals surface area contributed by atoms with Gasteiger partial charge in [-0.15, -0.1) is 0 Å². The third-order valence-corrected chi connectivity index (χ3v) is 7.52. The van der Waals surface area contributed by atoms with Crippen molar-refractivity contribution in [3.05, 3.63) is 60.1 Å². The van der Waals surface area contributed by atoms with Gasteiger partial charge in [0.1, 0.15) is 5.76 Å². The van der Waals surface area contributed by atoms with Crippen molar-refractivity contribution in [2.24, 2.45) is 11.8 Å². The van der Waals surface area contributed by atoms with E-state index in [4.69, 9.17) is 4.42 Å². The molecule has 0 amide bonds. The molecule has 3 atom stereocenters. The molecule has 3 fully saturated rings. The molecule has 0 unspecified atom stereocenters. The van der Waals surface area contributed by atoms with E-state index in [1.165, 1.54) is 25.8 Å². The lowest BCUT2D eigenvalue weighted by Crippen LogP contribution is -2.45. The van der Waals surface area contributed by atoms with Gasteiger partial charge in [-0.2, -0.15) is 0 Å². The molecule has 150 valence electrons. The molecular formula is C24H32N2O2. The van der Waals surface area contributed by atoms with Crippen LogP contribution in [-0.4, -0.2) is 47.1 Å². The van der Waals surface area contributed by atoms with Gasteiger partial charge >= 0.3 is 0 Å². The molecule has 4 nitrogen and oxygen atoms in total. The van der Waals surface area contributed by atoms with Crippen molar-refractivity contribution in [2.75, 3.05) is 26.2 Å². The predicted molar refractivity (Wildman–Crippen MR) is 110 cm³/mol. The molecule has 28 heavy (non-hydrogen) atoms. The maximum Gasteiger partial charge on any atom is 0.117 e. The normalized spacial score (nSPS) is 32.5. The minimum atomic E-state index is -0.640. The fourth-order valence-electron chi connectivity index (χ4n) is 6.01. The molecule has 1 N–H and O–H groups in total. The highest BCUT2D eigenvalue weighted by atomic mass is 16.3. The van der Waals surface area contributed by atoms with Gasteiger partial charge in [0, 0.05) is 38.1 Å². The minimum absolute atomic E-state index is 0.379. The Kier molecular flexibility index (Phi) is 5.04. The smallest absolute Gasteiger partial charge is 0.117 e. The molecule has 3 aliphatic rings. The third kappa shape index (κ3) is 3.42. The van der Waals surface area contributed by atoms with Crippen molar-refractivity contribution in [3.63, 3.8) is 0 Å². The van der Waals surface area contributed by atoms with E-state index in [-0.39, 0.29) is 0 Å². The Balaban J connectivity index is 1.23. The van der Waals surface area contributed by atoms with Crippen molar-refractivity contribution < 1.29 is 9.52 Å². The molecule has 1 aliphatic carbocycles. The van der Waals surface area contributed by atoms with E-state index in [1.54, 1.807) is 6.26 Å². The standard InChI is InChI=1S/C24H32N2O2/c27-24(20-7-2-1-3-8-20)12-4-6-19-16-26(18-23(19)24)21-10-13-25(14-11-21)17-22-9-5-15-28-22/h1-3,5,7-9,15,19,21,23,27H,4,6,10-14,16-18H2/t19-,23+,24+/m1/s1. The summed E-state index contributed by atoms with van der Waals surface area (Å²) < 4.78 is 5.51. The highest BCUT2D eigenvalue weighted by molar-refractivity contribution is 5.25. The zero-order valence-electron chi connectivity index (χ0n) is 16.7. The minimum Gasteiger partial charge on any atom is -0.468 e. The van der Waals surface area contributed by atoms with Crippen LogP contribution < -0.4 is 0 Å². The first-order valence-electron chi connectivity index (χ1n) is 11.0. The number of benzene rings is 1. The number of nitrogens with zero attached hydrogens (tertiary/aromatic N) is 2. The summed E-state index contributed by atoms with van der Waals surface area (Å²) in [6.07, 6.45) is 7.54. The second-order valence-corrected chi connectivity index (χ2v) is 9.09. The third-order valence-electron chi connectivity index (χ3n) is 7.52. The van der Waals surface area contributed by atoms with Crippen LogP contribution in [0.4, 0.5) is 0 Å². The average molecular weight is 381 g/mol. The molecule has 1 aromatic heterocycles. The van der Waals surface area contributed by atoms with Crippen molar-refractivity contribution in [1.82, 2.24) is 9.80 Å². The van der Waals surface area contributed by atoms with E-state index in [2.05, 4.69) is 40.1 Å². The van der Waals surface area contributed by atoms with Crippen molar-refractivity contribution in [2.45, 2.75) is 50.3 Å². The predicted octanol–water partition coefficient (Wildman–Crippen LogP) is 3.86. The summed E-state index contributed by atoms with van der Waals surface area (Å²) in [6.45, 7) is 5.43. The maximum absolute atomic E-state index is 11.7. The van der Waals surface area contributed by atoms with Gasteiger partial charge in [-0.1, -0.05) is 30.3 Å². The van der Waals surface area contributed by atoms with E-state index in [1.807, 2.05) is 12.1 Å². The molecule has 2 aliphatic heterocycles. The van der Waals surface area contributed by atoms with Crippen LogP contribution in [-0.2, 0) is 12.1 Å². The molecule has 5 rings (SSSR count). The van der Waals surface area contributed by atoms with Crippen LogP contribution in [0.15, 0.2) is 53.1 Å². The number of fused-ring (bicyclic) bond motifs is 1. The van der Waals surface area contributed by atoms with Gasteiger partial charge in [0.25, 0.3) is 0 Å². The second kappa shape index (κ2) is 7.66. The Morgan fingerprint density at radius 3 is 2.57 bits per heavy atom. The number of furan rings is 1. The van der Waals surface area contributed by atoms with Crippen molar-refractivity contribution >= 4 is 0 Å². The Labute approximate surface area is 168 Å². The first-order valence-corrected chi connectivity index (χ1v) is 11.0. The number of hydrogen-bond acceptors (Lipinski definition) is 4. The topological polar surface area (TPSA) is 39.9 Å². The van der Waals surface area contributed by atoms with Gasteiger partial charge in [0.15, 0.2) is 0 Å². The summed E-state index contributed by atoms with van der Waals surface area (Å²) in [5.74, 6) is 2.09. The molecule has 0 radical (unpaired) electrons. The van der Waals surface area contributed by atoms with Crippen LogP contribution in [0, 0.1) is 11.8 Å². The highest BCUT2D eigenvalue weighted by Gasteiger charge is 2.50. The highest BCUT2D eigenvalue weighted by Crippen LogP contribution is 2.48. The number of aliphatic hydroxyl groups is 1. The van der Waals surface area contributed by atoms with E-state index >= 15 is 0 Å². The van der Waals surface area contributed by atoms with Gasteiger partial charge in [-0.25, -0.2) is 0 Å². The molecule has 1 aromatic carbocycles. The van der Waals surface area contributed by atoms with E-state index in [0.717, 1.165) is 50.3 Å². The Hall–Kier alpha value is -1.62. The van der Waals surface area contributed by atoms with Gasteiger partial charge in [0.2, 0.25) is 0 Å². The molecule has 3 heterocycles. The molecule has 4 heteroatoms. The van der Waals surface area contributed by atoms with E-state index in [9.17, 15) is 5.11 Å². The SMILES string of the molecule is O[C@]1(c2ccccc2)CCC[C@@H]2CN(C3CCN(Cc4ccco4)CC3)C[C@@H]21. The van der Waals surface area contributed by atoms with E-state index in [0.29, 0.717) is 17.9 Å². The summed E-state index contributed by atoms with van der Waals surface area (Å²) in [5, 5.41) is 11.7. The number of likely N-dealkylation sites (tertiary alicyclic amines) is 2. The monoisotopic (exact) mass is 380 g/mol. The Morgan fingerprint density at radius 1 is 1.00 bits per heavy atom. The first-order chi connectivity index (χ1) is 13.7. The number of rotatable bonds is 4. The quantitative estimate of drug-likeness (QED) is 0.874. The van der Waals surface area contributed by atoms with Crippen LogP contribution in [0.1, 0.15) is 43.4 Å². The lowest BCUT2D eigenvalue weighted by Gasteiger charge is -2.42. The molecular weight excluding hydrogens is 348 g/mol. The van der Waals surface area contributed by atoms with Gasteiger partial charge in [0.05, 0.1) is 18.4 Å².